The molecule has 0 heterocycles. The van der Waals surface area contributed by atoms with E-state index < -0.39 is 6.10 Å². The van der Waals surface area contributed by atoms with Crippen molar-refractivity contribution in [2.75, 3.05) is 7.05 Å². The van der Waals surface area contributed by atoms with Crippen molar-refractivity contribution in [2.24, 2.45) is 0 Å². The Morgan fingerprint density at radius 3 is 2.29 bits per heavy atom. The number of carbonyl (C=O) groups excluding carboxylic acids is 1. The van der Waals surface area contributed by atoms with E-state index >= 15 is 0 Å². The van der Waals surface area contributed by atoms with Crippen LogP contribution in [0.5, 0.6) is 5.75 Å². The molecule has 1 unspecified atom stereocenters. The summed E-state index contributed by atoms with van der Waals surface area (Å²) in [6, 6.07) is 14.2. The lowest BCUT2D eigenvalue weighted by Crippen LogP contribution is -2.39. The van der Waals surface area contributed by atoms with Gasteiger partial charge in [0.15, 0.2) is 6.10 Å². The third-order valence-corrected chi connectivity index (χ3v) is 4.32. The summed E-state index contributed by atoms with van der Waals surface area (Å²) in [5.74, 6) is 0.762. The van der Waals surface area contributed by atoms with Crippen LogP contribution in [0.15, 0.2) is 42.5 Å². The molecule has 1 atom stereocenters. The van der Waals surface area contributed by atoms with Gasteiger partial charge in [-0.15, -0.1) is 0 Å². The zero-order chi connectivity index (χ0) is 17.7. The van der Waals surface area contributed by atoms with Gasteiger partial charge in [-0.25, -0.2) is 0 Å². The first-order valence-electron chi connectivity index (χ1n) is 8.45. The Hall–Kier alpha value is -2.29. The van der Waals surface area contributed by atoms with Gasteiger partial charge in [-0.1, -0.05) is 42.8 Å². The number of aryl methyl sites for hydroxylation is 3. The second-order valence-electron chi connectivity index (χ2n) is 6.44. The molecule has 0 saturated carbocycles. The Morgan fingerprint density at radius 1 is 1.04 bits per heavy atom. The molecule has 3 nitrogen and oxygen atoms in total. The number of nitrogens with zero attached hydrogens (tertiary/aromatic N) is 1. The molecular weight excluding hydrogens is 298 g/mol. The van der Waals surface area contributed by atoms with Gasteiger partial charge in [0, 0.05) is 13.6 Å². The highest BCUT2D eigenvalue weighted by molar-refractivity contribution is 5.81. The minimum atomic E-state index is -0.456. The number of amides is 1. The van der Waals surface area contributed by atoms with Crippen LogP contribution in [0.3, 0.4) is 0 Å². The van der Waals surface area contributed by atoms with Crippen molar-refractivity contribution in [3.63, 3.8) is 0 Å². The highest BCUT2D eigenvalue weighted by atomic mass is 16.5. The normalized spacial score (nSPS) is 11.9. The Bertz CT molecular complexity index is 691. The first-order valence-corrected chi connectivity index (χ1v) is 8.45. The van der Waals surface area contributed by atoms with Gasteiger partial charge in [0.05, 0.1) is 0 Å². The summed E-state index contributed by atoms with van der Waals surface area (Å²) in [5, 5.41) is 0. The van der Waals surface area contributed by atoms with E-state index in [2.05, 4.69) is 45.0 Å². The van der Waals surface area contributed by atoms with Gasteiger partial charge in [0.1, 0.15) is 5.75 Å². The van der Waals surface area contributed by atoms with Gasteiger partial charge in [-0.2, -0.15) is 0 Å². The van der Waals surface area contributed by atoms with Crippen LogP contribution >= 0.6 is 0 Å². The summed E-state index contributed by atoms with van der Waals surface area (Å²) in [7, 11) is 1.83. The number of benzene rings is 2. The predicted molar refractivity (Wildman–Crippen MR) is 98.3 cm³/mol. The molecule has 0 N–H and O–H groups in total. The van der Waals surface area contributed by atoms with E-state index in [9.17, 15) is 4.79 Å². The van der Waals surface area contributed by atoms with Crippen molar-refractivity contribution in [1.82, 2.24) is 4.90 Å². The van der Waals surface area contributed by atoms with Crippen LogP contribution in [0.2, 0.25) is 0 Å². The SMILES string of the molecule is CCC(Oc1ccc(C)c(C)c1)C(=O)N(C)Cc1ccc(C)cc1. The molecule has 1 amide bonds. The van der Waals surface area contributed by atoms with E-state index in [0.717, 1.165) is 11.3 Å². The molecule has 3 heteroatoms. The van der Waals surface area contributed by atoms with Crippen LogP contribution in [0, 0.1) is 20.8 Å². The second-order valence-corrected chi connectivity index (χ2v) is 6.44. The predicted octanol–water partition coefficient (Wildman–Crippen LogP) is 4.43. The Morgan fingerprint density at radius 2 is 1.71 bits per heavy atom. The topological polar surface area (TPSA) is 29.5 Å². The fraction of sp³-hybridized carbons (Fsp3) is 0.381. The van der Waals surface area contributed by atoms with Crippen LogP contribution in [0.25, 0.3) is 0 Å². The number of likely N-dealkylation sites (N-methyl/N-ethyl adjacent to an activating group) is 1. The van der Waals surface area contributed by atoms with E-state index in [1.54, 1.807) is 4.90 Å². The maximum absolute atomic E-state index is 12.7. The fourth-order valence-electron chi connectivity index (χ4n) is 2.55. The number of carbonyl (C=O) groups is 1. The number of ether oxygens (including phenoxy) is 1. The summed E-state index contributed by atoms with van der Waals surface area (Å²) >= 11 is 0. The Labute approximate surface area is 145 Å². The molecule has 0 saturated heterocycles. The van der Waals surface area contributed by atoms with Crippen LogP contribution in [-0.2, 0) is 11.3 Å². The summed E-state index contributed by atoms with van der Waals surface area (Å²) in [6.07, 6.45) is 0.187. The number of hydrogen-bond donors (Lipinski definition) is 0. The zero-order valence-corrected chi connectivity index (χ0v) is 15.3. The van der Waals surface area contributed by atoms with Crippen molar-refractivity contribution >= 4 is 5.91 Å². The summed E-state index contributed by atoms with van der Waals surface area (Å²) in [4.78, 5) is 14.4. The summed E-state index contributed by atoms with van der Waals surface area (Å²) < 4.78 is 5.95. The van der Waals surface area contributed by atoms with Crippen molar-refractivity contribution in [3.8, 4) is 5.75 Å². The average molecular weight is 325 g/mol. The van der Waals surface area contributed by atoms with Gasteiger partial charge in [0.25, 0.3) is 5.91 Å². The zero-order valence-electron chi connectivity index (χ0n) is 15.3. The summed E-state index contributed by atoms with van der Waals surface area (Å²) in [5.41, 5.74) is 4.73. The summed E-state index contributed by atoms with van der Waals surface area (Å²) in [6.45, 7) is 8.74. The maximum atomic E-state index is 12.7. The first-order chi connectivity index (χ1) is 11.4. The van der Waals surface area contributed by atoms with E-state index in [1.807, 2.05) is 32.2 Å². The number of hydrogen-bond acceptors (Lipinski definition) is 2. The highest BCUT2D eigenvalue weighted by Gasteiger charge is 2.22. The first kappa shape index (κ1) is 18.1. The van der Waals surface area contributed by atoms with Crippen molar-refractivity contribution < 1.29 is 9.53 Å². The molecule has 0 radical (unpaired) electrons. The molecule has 0 aromatic heterocycles. The molecule has 2 rings (SSSR count). The van der Waals surface area contributed by atoms with Crippen LogP contribution in [0.4, 0.5) is 0 Å². The minimum Gasteiger partial charge on any atom is -0.481 e. The molecule has 0 fully saturated rings. The van der Waals surface area contributed by atoms with E-state index in [0.29, 0.717) is 13.0 Å². The minimum absolute atomic E-state index is 0.0105. The number of rotatable bonds is 6. The van der Waals surface area contributed by atoms with Crippen LogP contribution in [-0.4, -0.2) is 24.0 Å². The molecule has 0 bridgehead atoms. The molecular formula is C21H27NO2. The lowest BCUT2D eigenvalue weighted by molar-refractivity contribution is -0.138. The van der Waals surface area contributed by atoms with Gasteiger partial charge >= 0.3 is 0 Å². The van der Waals surface area contributed by atoms with Gasteiger partial charge in [-0.05, 0) is 56.0 Å². The van der Waals surface area contributed by atoms with Gasteiger partial charge in [-0.3, -0.25) is 4.79 Å². The fourth-order valence-corrected chi connectivity index (χ4v) is 2.55. The largest absolute Gasteiger partial charge is 0.481 e. The van der Waals surface area contributed by atoms with Crippen LogP contribution in [0.1, 0.15) is 35.6 Å². The Kier molecular flexibility index (Phi) is 6.02. The second kappa shape index (κ2) is 8.00. The highest BCUT2D eigenvalue weighted by Crippen LogP contribution is 2.19. The maximum Gasteiger partial charge on any atom is 0.263 e. The molecule has 2 aromatic rings. The molecule has 0 spiro atoms. The Balaban J connectivity index is 2.04. The van der Waals surface area contributed by atoms with Crippen molar-refractivity contribution in [3.05, 3.63) is 64.7 Å². The monoisotopic (exact) mass is 325 g/mol. The molecule has 24 heavy (non-hydrogen) atoms. The lowest BCUT2D eigenvalue weighted by atomic mass is 10.1. The smallest absolute Gasteiger partial charge is 0.263 e. The molecule has 0 aliphatic heterocycles. The quantitative estimate of drug-likeness (QED) is 0.786. The van der Waals surface area contributed by atoms with Gasteiger partial charge < -0.3 is 9.64 Å². The van der Waals surface area contributed by atoms with Crippen molar-refractivity contribution in [2.45, 2.75) is 46.8 Å². The van der Waals surface area contributed by atoms with E-state index in [-0.39, 0.29) is 5.91 Å². The van der Waals surface area contributed by atoms with E-state index in [4.69, 9.17) is 4.74 Å². The van der Waals surface area contributed by atoms with Crippen LogP contribution < -0.4 is 4.74 Å². The third kappa shape index (κ3) is 4.60. The molecule has 0 aliphatic carbocycles. The molecule has 2 aromatic carbocycles. The standard InChI is InChI=1S/C21H27NO2/c1-6-20(24-19-12-9-16(3)17(4)13-19)21(23)22(5)14-18-10-7-15(2)8-11-18/h7-13,20H,6,14H2,1-5H3. The van der Waals surface area contributed by atoms with E-state index in [1.165, 1.54) is 16.7 Å². The third-order valence-electron chi connectivity index (χ3n) is 4.32. The molecule has 128 valence electrons. The average Bonchev–Trinajstić information content (AvgIpc) is 2.57. The lowest BCUT2D eigenvalue weighted by Gasteiger charge is -2.24. The molecule has 0 aliphatic rings. The van der Waals surface area contributed by atoms with Gasteiger partial charge in [0.2, 0.25) is 0 Å². The van der Waals surface area contributed by atoms with Crippen molar-refractivity contribution in [1.29, 1.82) is 0 Å².